The van der Waals surface area contributed by atoms with Crippen LogP contribution in [0.15, 0.2) is 94.2 Å². The lowest BCUT2D eigenvalue weighted by molar-refractivity contribution is -0.435. The molecule has 0 saturated heterocycles. The minimum absolute atomic E-state index is 0.454. The number of benzene rings is 3. The second-order valence-corrected chi connectivity index (χ2v) is 5.21. The third-order valence-corrected chi connectivity index (χ3v) is 3.39. The van der Waals surface area contributed by atoms with Crippen molar-refractivity contribution < 1.29 is 4.86 Å². The van der Waals surface area contributed by atoms with Crippen molar-refractivity contribution in [3.63, 3.8) is 0 Å². The van der Waals surface area contributed by atoms with Gasteiger partial charge in [-0.3, -0.25) is 0 Å². The highest BCUT2D eigenvalue weighted by molar-refractivity contribution is 5.51. The number of hydrogen-bond donors (Lipinski definition) is 0. The largest absolute Gasteiger partial charge is 0.594 e. The molecule has 0 radical (unpaired) electrons. The molecule has 3 aromatic rings. The van der Waals surface area contributed by atoms with Gasteiger partial charge in [0.25, 0.3) is 0 Å². The summed E-state index contributed by atoms with van der Waals surface area (Å²) in [5.74, 6) is 0. The summed E-state index contributed by atoms with van der Waals surface area (Å²) >= 11 is 0. The van der Waals surface area contributed by atoms with Crippen LogP contribution in [0.2, 0.25) is 0 Å². The molecule has 5 heteroatoms. The predicted octanol–water partition coefficient (Wildman–Crippen LogP) is 6.34. The quantitative estimate of drug-likeness (QED) is 0.315. The Morgan fingerprint density at radius 2 is 1.38 bits per heavy atom. The normalized spacial score (nSPS) is 11.8. The van der Waals surface area contributed by atoms with Crippen LogP contribution < -0.4 is 0 Å². The van der Waals surface area contributed by atoms with Crippen molar-refractivity contribution in [3.05, 3.63) is 89.6 Å². The molecule has 0 fully saturated rings. The van der Waals surface area contributed by atoms with Crippen molar-refractivity contribution in [1.82, 2.24) is 0 Å². The lowest BCUT2D eigenvalue weighted by Crippen LogP contribution is -1.91. The molecule has 0 bridgehead atoms. The molecule has 0 unspecified atom stereocenters. The first-order valence-electron chi connectivity index (χ1n) is 7.54. The second-order valence-electron chi connectivity index (χ2n) is 5.21. The molecule has 0 aliphatic heterocycles. The standard InChI is InChI=1S/C19H16N4O/c1-15-14-18(23(24)22-17-10-6-3-7-11-17)12-13-19(15)21-20-16-8-4-2-5-9-16/h2-14H,1H3. The van der Waals surface area contributed by atoms with Crippen LogP contribution in [-0.4, -0.2) is 4.86 Å². The number of nitrogens with zero attached hydrogens (tertiary/aromatic N) is 4. The van der Waals surface area contributed by atoms with E-state index in [9.17, 15) is 5.21 Å². The Morgan fingerprint density at radius 1 is 0.750 bits per heavy atom. The highest BCUT2D eigenvalue weighted by Gasteiger charge is 2.07. The Bertz CT molecular complexity index is 874. The van der Waals surface area contributed by atoms with Crippen LogP contribution in [0.5, 0.6) is 0 Å². The van der Waals surface area contributed by atoms with Crippen LogP contribution in [-0.2, 0) is 0 Å². The van der Waals surface area contributed by atoms with E-state index < -0.39 is 0 Å². The van der Waals surface area contributed by atoms with Crippen molar-refractivity contribution in [1.29, 1.82) is 0 Å². The van der Waals surface area contributed by atoms with E-state index in [1.807, 2.05) is 55.5 Å². The van der Waals surface area contributed by atoms with Gasteiger partial charge in [-0.05, 0) is 42.8 Å². The summed E-state index contributed by atoms with van der Waals surface area (Å²) in [5, 5.41) is 24.6. The van der Waals surface area contributed by atoms with Gasteiger partial charge in [-0.15, -0.1) is 0 Å². The maximum Gasteiger partial charge on any atom is 0.245 e. The monoisotopic (exact) mass is 316 g/mol. The minimum atomic E-state index is 0.454. The summed E-state index contributed by atoms with van der Waals surface area (Å²) in [6, 6.07) is 23.8. The molecule has 24 heavy (non-hydrogen) atoms. The third kappa shape index (κ3) is 3.89. The van der Waals surface area contributed by atoms with Crippen LogP contribution in [0.1, 0.15) is 5.56 Å². The van der Waals surface area contributed by atoms with Gasteiger partial charge in [0, 0.05) is 17.2 Å². The van der Waals surface area contributed by atoms with Crippen molar-refractivity contribution in [2.45, 2.75) is 6.92 Å². The summed E-state index contributed by atoms with van der Waals surface area (Å²) in [6.45, 7) is 1.89. The van der Waals surface area contributed by atoms with E-state index in [-0.39, 0.29) is 0 Å². The molecule has 118 valence electrons. The summed E-state index contributed by atoms with van der Waals surface area (Å²) in [5.41, 5.74) is 3.42. The topological polar surface area (TPSA) is 63.1 Å². The van der Waals surface area contributed by atoms with Crippen LogP contribution in [0, 0.1) is 12.1 Å². The molecule has 0 aromatic heterocycles. The summed E-state index contributed by atoms with van der Waals surface area (Å²) in [6.07, 6.45) is 0. The maximum atomic E-state index is 12.2. The van der Waals surface area contributed by atoms with Gasteiger partial charge in [0.05, 0.1) is 11.4 Å². The molecule has 0 aliphatic carbocycles. The smallest absolute Gasteiger partial charge is 0.245 e. The molecule has 0 heterocycles. The average Bonchev–Trinajstić information content (AvgIpc) is 2.62. The fraction of sp³-hybridized carbons (Fsp3) is 0.0526. The van der Waals surface area contributed by atoms with Gasteiger partial charge < -0.3 is 5.21 Å². The third-order valence-electron chi connectivity index (χ3n) is 3.39. The van der Waals surface area contributed by atoms with E-state index in [1.54, 1.807) is 30.3 Å². The number of rotatable bonds is 4. The maximum absolute atomic E-state index is 12.2. The SMILES string of the molecule is Cc1cc([N+]([O-])=Nc2ccccc2)ccc1N=Nc1ccccc1. The predicted molar refractivity (Wildman–Crippen MR) is 93.6 cm³/mol. The molecule has 5 nitrogen and oxygen atoms in total. The Labute approximate surface area is 140 Å². The van der Waals surface area contributed by atoms with Gasteiger partial charge in [0.1, 0.15) is 5.69 Å². The number of aryl methyl sites for hydroxylation is 1. The number of hydrogen-bond acceptors (Lipinski definition) is 4. The second kappa shape index (κ2) is 7.28. The fourth-order valence-corrected chi connectivity index (χ4v) is 2.13. The zero-order chi connectivity index (χ0) is 16.8. The Kier molecular flexibility index (Phi) is 4.72. The fourth-order valence-electron chi connectivity index (χ4n) is 2.13. The zero-order valence-corrected chi connectivity index (χ0v) is 13.2. The highest BCUT2D eigenvalue weighted by Crippen LogP contribution is 2.26. The Balaban J connectivity index is 1.82. The minimum Gasteiger partial charge on any atom is -0.594 e. The molecule has 0 spiro atoms. The molecule has 3 aromatic carbocycles. The first-order valence-corrected chi connectivity index (χ1v) is 7.54. The van der Waals surface area contributed by atoms with Crippen LogP contribution in [0.4, 0.5) is 22.7 Å². The van der Waals surface area contributed by atoms with Gasteiger partial charge in [-0.2, -0.15) is 10.2 Å². The van der Waals surface area contributed by atoms with Gasteiger partial charge in [0.2, 0.25) is 5.69 Å². The molecular weight excluding hydrogens is 300 g/mol. The lowest BCUT2D eigenvalue weighted by atomic mass is 10.2. The van der Waals surface area contributed by atoms with E-state index in [0.29, 0.717) is 16.2 Å². The van der Waals surface area contributed by atoms with Crippen molar-refractivity contribution in [3.8, 4) is 0 Å². The number of azo groups is 2. The summed E-state index contributed by atoms with van der Waals surface area (Å²) in [4.78, 5) is 0.612. The average molecular weight is 316 g/mol. The van der Waals surface area contributed by atoms with Gasteiger partial charge >= 0.3 is 0 Å². The Morgan fingerprint density at radius 3 is 2.00 bits per heavy atom. The zero-order valence-electron chi connectivity index (χ0n) is 13.2. The first kappa shape index (κ1) is 15.6. The lowest BCUT2D eigenvalue weighted by Gasteiger charge is -2.03. The van der Waals surface area contributed by atoms with Crippen molar-refractivity contribution >= 4 is 22.7 Å². The van der Waals surface area contributed by atoms with Crippen LogP contribution in [0.3, 0.4) is 0 Å². The van der Waals surface area contributed by atoms with E-state index in [4.69, 9.17) is 0 Å². The Hall–Kier alpha value is -3.34. The van der Waals surface area contributed by atoms with Crippen molar-refractivity contribution in [2.75, 3.05) is 0 Å². The van der Waals surface area contributed by atoms with Crippen molar-refractivity contribution in [2.24, 2.45) is 15.3 Å². The molecular formula is C19H16N4O. The molecule has 0 aliphatic rings. The van der Waals surface area contributed by atoms with Gasteiger partial charge in [0.15, 0.2) is 0 Å². The van der Waals surface area contributed by atoms with E-state index in [1.165, 1.54) is 0 Å². The van der Waals surface area contributed by atoms with E-state index in [0.717, 1.165) is 16.9 Å². The molecule has 0 atom stereocenters. The van der Waals surface area contributed by atoms with E-state index in [2.05, 4.69) is 15.3 Å². The summed E-state index contributed by atoms with van der Waals surface area (Å²) in [7, 11) is 0. The molecule has 0 saturated carbocycles. The highest BCUT2D eigenvalue weighted by atomic mass is 16.5. The molecule has 0 amide bonds. The summed E-state index contributed by atoms with van der Waals surface area (Å²) < 4.78 is 0. The van der Waals surface area contributed by atoms with E-state index >= 15 is 0 Å². The van der Waals surface area contributed by atoms with Crippen LogP contribution in [0.25, 0.3) is 0 Å². The first-order chi connectivity index (χ1) is 11.7. The van der Waals surface area contributed by atoms with Crippen LogP contribution >= 0.6 is 0 Å². The van der Waals surface area contributed by atoms with Gasteiger partial charge in [-0.25, -0.2) is 0 Å². The molecule has 3 rings (SSSR count). The molecule has 0 N–H and O–H groups in total. The van der Waals surface area contributed by atoms with Gasteiger partial charge in [-0.1, -0.05) is 41.3 Å².